The number of likely N-dealkylation sites (tertiary alicyclic amines) is 1. The van der Waals surface area contributed by atoms with Crippen molar-refractivity contribution in [2.45, 2.75) is 32.8 Å². The number of benzene rings is 2. The van der Waals surface area contributed by atoms with Crippen molar-refractivity contribution in [3.63, 3.8) is 0 Å². The van der Waals surface area contributed by atoms with Crippen LogP contribution in [0.2, 0.25) is 0 Å². The van der Waals surface area contributed by atoms with Crippen LogP contribution >= 0.6 is 0 Å². The zero-order chi connectivity index (χ0) is 20.7. The van der Waals surface area contributed by atoms with Crippen molar-refractivity contribution >= 4 is 5.96 Å². The lowest BCUT2D eigenvalue weighted by Crippen LogP contribution is -2.41. The summed E-state index contributed by atoms with van der Waals surface area (Å²) in [4.78, 5) is 7.32. The first-order valence-electron chi connectivity index (χ1n) is 11.1. The van der Waals surface area contributed by atoms with Gasteiger partial charge in [-0.1, -0.05) is 42.5 Å². The van der Waals surface area contributed by atoms with Crippen LogP contribution in [0.1, 0.15) is 30.9 Å². The van der Waals surface area contributed by atoms with Crippen LogP contribution in [0.15, 0.2) is 59.6 Å². The summed E-state index contributed by atoms with van der Waals surface area (Å²) in [5, 5.41) is 3.47. The quantitative estimate of drug-likeness (QED) is 0.559. The van der Waals surface area contributed by atoms with E-state index in [1.165, 1.54) is 24.0 Å². The van der Waals surface area contributed by atoms with Crippen LogP contribution in [0.5, 0.6) is 5.75 Å². The number of aliphatic imine (C=N–C) groups is 1. The summed E-state index contributed by atoms with van der Waals surface area (Å²) >= 11 is 0. The second kappa shape index (κ2) is 9.98. The molecule has 1 atom stereocenters. The molecule has 2 heterocycles. The van der Waals surface area contributed by atoms with Crippen LogP contribution in [0, 0.1) is 5.41 Å². The summed E-state index contributed by atoms with van der Waals surface area (Å²) < 4.78 is 11.5. The predicted octanol–water partition coefficient (Wildman–Crippen LogP) is 3.89. The Morgan fingerprint density at radius 1 is 1.10 bits per heavy atom. The van der Waals surface area contributed by atoms with Crippen molar-refractivity contribution in [1.82, 2.24) is 10.2 Å². The Balaban J connectivity index is 1.27. The van der Waals surface area contributed by atoms with Crippen LogP contribution in [0.3, 0.4) is 0 Å². The third kappa shape index (κ3) is 5.33. The summed E-state index contributed by atoms with van der Waals surface area (Å²) in [7, 11) is 0. The van der Waals surface area contributed by atoms with Gasteiger partial charge in [0.2, 0.25) is 0 Å². The van der Waals surface area contributed by atoms with Crippen LogP contribution < -0.4 is 10.1 Å². The molecular weight excluding hydrogens is 374 g/mol. The van der Waals surface area contributed by atoms with E-state index in [1.807, 2.05) is 18.2 Å². The molecule has 5 nitrogen and oxygen atoms in total. The summed E-state index contributed by atoms with van der Waals surface area (Å²) in [5.41, 5.74) is 2.81. The van der Waals surface area contributed by atoms with Crippen molar-refractivity contribution < 1.29 is 9.47 Å². The molecule has 30 heavy (non-hydrogen) atoms. The Bertz CT molecular complexity index is 814. The van der Waals surface area contributed by atoms with E-state index in [9.17, 15) is 0 Å². The van der Waals surface area contributed by atoms with Crippen LogP contribution in [-0.2, 0) is 17.8 Å². The maximum absolute atomic E-state index is 5.88. The molecule has 2 saturated heterocycles. The topological polar surface area (TPSA) is 46.1 Å². The van der Waals surface area contributed by atoms with Gasteiger partial charge in [0.1, 0.15) is 12.4 Å². The monoisotopic (exact) mass is 407 g/mol. The molecule has 0 aromatic heterocycles. The first kappa shape index (κ1) is 20.7. The molecule has 2 aliphatic rings. The van der Waals surface area contributed by atoms with E-state index in [0.29, 0.717) is 12.0 Å². The van der Waals surface area contributed by atoms with Gasteiger partial charge in [0, 0.05) is 38.2 Å². The van der Waals surface area contributed by atoms with Gasteiger partial charge in [-0.15, -0.1) is 0 Å². The minimum Gasteiger partial charge on any atom is -0.489 e. The minimum absolute atomic E-state index is 0.353. The molecule has 1 N–H and O–H groups in total. The first-order chi connectivity index (χ1) is 14.8. The molecular formula is C25H33N3O2. The van der Waals surface area contributed by atoms with E-state index in [4.69, 9.17) is 14.5 Å². The third-order valence-corrected chi connectivity index (χ3v) is 6.09. The number of rotatable bonds is 7. The Morgan fingerprint density at radius 3 is 2.67 bits per heavy atom. The normalized spacial score (nSPS) is 21.4. The van der Waals surface area contributed by atoms with E-state index < -0.39 is 0 Å². The highest BCUT2D eigenvalue weighted by molar-refractivity contribution is 5.80. The summed E-state index contributed by atoms with van der Waals surface area (Å²) in [6.45, 7) is 8.36. The van der Waals surface area contributed by atoms with Crippen molar-refractivity contribution in [3.8, 4) is 5.75 Å². The molecule has 2 aliphatic heterocycles. The minimum atomic E-state index is 0.353. The summed E-state index contributed by atoms with van der Waals surface area (Å²) in [5.74, 6) is 1.95. The average molecular weight is 408 g/mol. The van der Waals surface area contributed by atoms with Crippen LogP contribution in [0.25, 0.3) is 0 Å². The lowest BCUT2D eigenvalue weighted by atomic mass is 9.87. The molecule has 0 saturated carbocycles. The number of nitrogens with one attached hydrogen (secondary N) is 1. The Labute approximate surface area is 180 Å². The molecule has 160 valence electrons. The number of hydrogen-bond acceptors (Lipinski definition) is 3. The number of ether oxygens (including phenoxy) is 2. The predicted molar refractivity (Wildman–Crippen MR) is 121 cm³/mol. The van der Waals surface area contributed by atoms with Crippen LogP contribution in [-0.4, -0.2) is 50.3 Å². The number of hydrogen-bond donors (Lipinski definition) is 1. The van der Waals surface area contributed by atoms with Gasteiger partial charge in [0.05, 0.1) is 6.61 Å². The Morgan fingerprint density at radius 2 is 1.93 bits per heavy atom. The van der Waals surface area contributed by atoms with Crippen molar-refractivity contribution in [2.75, 3.05) is 39.4 Å². The first-order valence-corrected chi connectivity index (χ1v) is 11.1. The fourth-order valence-electron chi connectivity index (χ4n) is 4.30. The van der Waals surface area contributed by atoms with Gasteiger partial charge in [-0.25, -0.2) is 0 Å². The van der Waals surface area contributed by atoms with Gasteiger partial charge in [0.25, 0.3) is 0 Å². The molecule has 2 aromatic rings. The van der Waals surface area contributed by atoms with Gasteiger partial charge < -0.3 is 19.7 Å². The van der Waals surface area contributed by atoms with Gasteiger partial charge in [0.15, 0.2) is 5.96 Å². The second-order valence-corrected chi connectivity index (χ2v) is 8.38. The molecule has 1 spiro atoms. The lowest BCUT2D eigenvalue weighted by Gasteiger charge is -2.25. The molecule has 2 aromatic carbocycles. The van der Waals surface area contributed by atoms with E-state index in [-0.39, 0.29) is 0 Å². The summed E-state index contributed by atoms with van der Waals surface area (Å²) in [6, 6.07) is 18.6. The largest absolute Gasteiger partial charge is 0.489 e. The fraction of sp³-hybridized carbons (Fsp3) is 0.480. The number of nitrogens with zero attached hydrogens (tertiary/aromatic N) is 2. The highest BCUT2D eigenvalue weighted by Gasteiger charge is 2.42. The highest BCUT2D eigenvalue weighted by Crippen LogP contribution is 2.38. The molecule has 2 fully saturated rings. The van der Waals surface area contributed by atoms with Gasteiger partial charge in [-0.05, 0) is 49.4 Å². The van der Waals surface area contributed by atoms with Gasteiger partial charge in [-0.3, -0.25) is 4.99 Å². The van der Waals surface area contributed by atoms with E-state index in [1.54, 1.807) is 0 Å². The molecule has 5 heteroatoms. The fourth-order valence-corrected chi connectivity index (χ4v) is 4.30. The van der Waals surface area contributed by atoms with Gasteiger partial charge >= 0.3 is 0 Å². The molecule has 1 unspecified atom stereocenters. The Kier molecular flexibility index (Phi) is 6.90. The van der Waals surface area contributed by atoms with Crippen molar-refractivity contribution in [2.24, 2.45) is 10.4 Å². The lowest BCUT2D eigenvalue weighted by molar-refractivity contribution is 0.156. The Hall–Kier alpha value is -2.53. The maximum Gasteiger partial charge on any atom is 0.193 e. The van der Waals surface area contributed by atoms with Crippen LogP contribution in [0.4, 0.5) is 0 Å². The zero-order valence-electron chi connectivity index (χ0n) is 18.0. The highest BCUT2D eigenvalue weighted by atomic mass is 16.5. The molecule has 0 radical (unpaired) electrons. The maximum atomic E-state index is 5.88. The van der Waals surface area contributed by atoms with E-state index in [0.717, 1.165) is 57.5 Å². The SMILES string of the molecule is CCNC(=NCCc1ccc(OCc2ccccc2)cc1)N1CCC2(CCOC2)C1. The van der Waals surface area contributed by atoms with E-state index >= 15 is 0 Å². The van der Waals surface area contributed by atoms with Gasteiger partial charge in [-0.2, -0.15) is 0 Å². The molecule has 0 aliphatic carbocycles. The zero-order valence-corrected chi connectivity index (χ0v) is 18.0. The molecule has 4 rings (SSSR count). The summed E-state index contributed by atoms with van der Waals surface area (Å²) in [6.07, 6.45) is 3.32. The van der Waals surface area contributed by atoms with Crippen molar-refractivity contribution in [3.05, 3.63) is 65.7 Å². The molecule has 0 bridgehead atoms. The van der Waals surface area contributed by atoms with E-state index in [2.05, 4.69) is 53.5 Å². The second-order valence-electron chi connectivity index (χ2n) is 8.38. The molecule has 0 amide bonds. The standard InChI is InChI=1S/C25H33N3O2/c1-2-26-24(28-16-13-25(19-28)14-17-29-20-25)27-15-12-21-8-10-23(11-9-21)30-18-22-6-4-3-5-7-22/h3-11H,2,12-20H2,1H3,(H,26,27). The average Bonchev–Trinajstić information content (AvgIpc) is 3.43. The third-order valence-electron chi connectivity index (χ3n) is 6.09. The van der Waals surface area contributed by atoms with Crippen molar-refractivity contribution in [1.29, 1.82) is 0 Å². The number of guanidine groups is 1. The smallest absolute Gasteiger partial charge is 0.193 e.